The van der Waals surface area contributed by atoms with E-state index in [0.29, 0.717) is 30.1 Å². The molecule has 142 valence electrons. The van der Waals surface area contributed by atoms with Crippen molar-refractivity contribution in [2.45, 2.75) is 12.8 Å². The van der Waals surface area contributed by atoms with Crippen molar-refractivity contribution in [1.82, 2.24) is 4.90 Å². The Morgan fingerprint density at radius 3 is 2.85 bits per heavy atom. The molecule has 0 radical (unpaired) electrons. The third-order valence-electron chi connectivity index (χ3n) is 4.46. The number of nitrogens with zero attached hydrogens (tertiary/aromatic N) is 2. The first-order valence-electron chi connectivity index (χ1n) is 8.45. The highest BCUT2D eigenvalue weighted by Gasteiger charge is 2.30. The molecule has 1 aromatic heterocycles. The molecule has 0 aliphatic carbocycles. The van der Waals surface area contributed by atoms with Crippen LogP contribution in [0, 0.1) is 16.0 Å². The van der Waals surface area contributed by atoms with Crippen LogP contribution in [0.3, 0.4) is 0 Å². The molecule has 1 fully saturated rings. The van der Waals surface area contributed by atoms with Gasteiger partial charge in [0.05, 0.1) is 28.5 Å². The second-order valence-corrected chi connectivity index (χ2v) is 7.15. The van der Waals surface area contributed by atoms with Crippen molar-refractivity contribution < 1.29 is 19.2 Å². The number of likely N-dealkylation sites (tertiary alicyclic amines) is 1. The number of hydrogen-bond acceptors (Lipinski definition) is 6. The average Bonchev–Trinajstić information content (AvgIpc) is 3.22. The maximum absolute atomic E-state index is 12.7. The van der Waals surface area contributed by atoms with Gasteiger partial charge in [0, 0.05) is 25.2 Å². The number of piperidine rings is 1. The van der Waals surface area contributed by atoms with Crippen molar-refractivity contribution in [1.29, 1.82) is 0 Å². The Bertz CT molecular complexity index is 853. The quantitative estimate of drug-likeness (QED) is 0.625. The van der Waals surface area contributed by atoms with Gasteiger partial charge in [-0.2, -0.15) is 0 Å². The summed E-state index contributed by atoms with van der Waals surface area (Å²) in [6, 6.07) is 7.62. The number of amides is 2. The first-order valence-corrected chi connectivity index (χ1v) is 9.33. The van der Waals surface area contributed by atoms with E-state index < -0.39 is 4.92 Å². The second-order valence-electron chi connectivity index (χ2n) is 6.20. The predicted octanol–water partition coefficient (Wildman–Crippen LogP) is 3.16. The van der Waals surface area contributed by atoms with Crippen LogP contribution in [0.15, 0.2) is 35.7 Å². The molecule has 27 heavy (non-hydrogen) atoms. The number of rotatable bonds is 5. The van der Waals surface area contributed by atoms with Crippen LogP contribution in [0.4, 0.5) is 11.4 Å². The number of ether oxygens (including phenoxy) is 1. The highest BCUT2D eigenvalue weighted by Crippen LogP contribution is 2.30. The summed E-state index contributed by atoms with van der Waals surface area (Å²) in [4.78, 5) is 38.0. The first-order chi connectivity index (χ1) is 13.0. The normalized spacial score (nSPS) is 16.6. The van der Waals surface area contributed by atoms with E-state index in [1.165, 1.54) is 36.6 Å². The second kappa shape index (κ2) is 8.17. The summed E-state index contributed by atoms with van der Waals surface area (Å²) in [7, 11) is 1.43. The fourth-order valence-corrected chi connectivity index (χ4v) is 3.76. The van der Waals surface area contributed by atoms with E-state index in [1.807, 2.05) is 11.4 Å². The Balaban J connectivity index is 1.71. The minimum absolute atomic E-state index is 0.0737. The van der Waals surface area contributed by atoms with E-state index in [4.69, 9.17) is 4.74 Å². The molecule has 9 heteroatoms. The van der Waals surface area contributed by atoms with Crippen molar-refractivity contribution >= 4 is 34.5 Å². The maximum atomic E-state index is 12.7. The number of methoxy groups -OCH3 is 1. The molecule has 1 aromatic carbocycles. The molecule has 0 spiro atoms. The van der Waals surface area contributed by atoms with Crippen molar-refractivity contribution in [2.75, 3.05) is 25.5 Å². The van der Waals surface area contributed by atoms with Gasteiger partial charge in [-0.3, -0.25) is 19.7 Å². The van der Waals surface area contributed by atoms with Crippen LogP contribution in [0.1, 0.15) is 22.5 Å². The van der Waals surface area contributed by atoms with Crippen molar-refractivity contribution in [2.24, 2.45) is 5.92 Å². The lowest BCUT2D eigenvalue weighted by molar-refractivity contribution is -0.384. The molecule has 3 rings (SSSR count). The lowest BCUT2D eigenvalue weighted by atomic mass is 9.96. The van der Waals surface area contributed by atoms with Crippen LogP contribution in [0.25, 0.3) is 0 Å². The highest BCUT2D eigenvalue weighted by molar-refractivity contribution is 7.12. The SMILES string of the molecule is COc1ccc([N+](=O)[O-])cc1NC(=O)C1CCCN(C(=O)c2cccs2)C1. The largest absolute Gasteiger partial charge is 0.495 e. The average molecular weight is 389 g/mol. The topological polar surface area (TPSA) is 102 Å². The van der Waals surface area contributed by atoms with Gasteiger partial charge in [-0.1, -0.05) is 6.07 Å². The molecule has 1 saturated heterocycles. The van der Waals surface area contributed by atoms with E-state index in [2.05, 4.69) is 5.32 Å². The molecule has 0 bridgehead atoms. The zero-order valence-electron chi connectivity index (χ0n) is 14.7. The fraction of sp³-hybridized carbons (Fsp3) is 0.333. The van der Waals surface area contributed by atoms with Crippen LogP contribution in [0.5, 0.6) is 5.75 Å². The molecule has 1 aliphatic rings. The van der Waals surface area contributed by atoms with Gasteiger partial charge in [-0.15, -0.1) is 11.3 Å². The number of carbonyl (C=O) groups excluding carboxylic acids is 2. The molecule has 1 aliphatic heterocycles. The van der Waals surface area contributed by atoms with Crippen molar-refractivity contribution in [3.8, 4) is 5.75 Å². The Labute approximate surface area is 159 Å². The minimum Gasteiger partial charge on any atom is -0.495 e. The lowest BCUT2D eigenvalue weighted by Gasteiger charge is -2.31. The standard InChI is InChI=1S/C18H19N3O5S/c1-26-15-7-6-13(21(24)25)10-14(15)19-17(22)12-4-2-8-20(11-12)18(23)16-5-3-9-27-16/h3,5-7,9-10,12H,2,4,8,11H2,1H3,(H,19,22). The Hall–Kier alpha value is -2.94. The number of non-ortho nitro benzene ring substituents is 1. The third-order valence-corrected chi connectivity index (χ3v) is 5.32. The number of benzene rings is 1. The van der Waals surface area contributed by atoms with Gasteiger partial charge < -0.3 is 15.0 Å². The minimum atomic E-state index is -0.531. The maximum Gasteiger partial charge on any atom is 0.271 e. The predicted molar refractivity (Wildman–Crippen MR) is 101 cm³/mol. The molecule has 2 aromatic rings. The fourth-order valence-electron chi connectivity index (χ4n) is 3.07. The molecule has 2 heterocycles. The number of anilines is 1. The molecule has 2 amide bonds. The third kappa shape index (κ3) is 4.25. The molecule has 1 unspecified atom stereocenters. The molecule has 1 atom stereocenters. The smallest absolute Gasteiger partial charge is 0.271 e. The highest BCUT2D eigenvalue weighted by atomic mass is 32.1. The van der Waals surface area contributed by atoms with Crippen molar-refractivity contribution in [3.05, 3.63) is 50.7 Å². The van der Waals surface area contributed by atoms with Gasteiger partial charge in [-0.05, 0) is 30.4 Å². The lowest BCUT2D eigenvalue weighted by Crippen LogP contribution is -2.43. The van der Waals surface area contributed by atoms with Crippen LogP contribution >= 0.6 is 11.3 Å². The van der Waals surface area contributed by atoms with E-state index in [-0.39, 0.29) is 29.1 Å². The number of thiophene rings is 1. The zero-order valence-corrected chi connectivity index (χ0v) is 15.5. The molecular formula is C18H19N3O5S. The summed E-state index contributed by atoms with van der Waals surface area (Å²) in [5.41, 5.74) is 0.114. The zero-order chi connectivity index (χ0) is 19.4. The number of nitrogens with one attached hydrogen (secondary N) is 1. The number of carbonyl (C=O) groups is 2. The van der Waals surface area contributed by atoms with Gasteiger partial charge in [0.25, 0.3) is 11.6 Å². The Kier molecular flexibility index (Phi) is 5.70. The van der Waals surface area contributed by atoms with E-state index in [1.54, 1.807) is 11.0 Å². The van der Waals surface area contributed by atoms with Gasteiger partial charge in [-0.25, -0.2) is 0 Å². The van der Waals surface area contributed by atoms with Gasteiger partial charge in [0.1, 0.15) is 5.75 Å². The number of nitro groups is 1. The van der Waals surface area contributed by atoms with E-state index in [0.717, 1.165) is 6.42 Å². The molecule has 8 nitrogen and oxygen atoms in total. The van der Waals surface area contributed by atoms with Gasteiger partial charge in [0.2, 0.25) is 5.91 Å². The number of hydrogen-bond donors (Lipinski definition) is 1. The summed E-state index contributed by atoms with van der Waals surface area (Å²) in [5.74, 6) is -0.393. The van der Waals surface area contributed by atoms with E-state index in [9.17, 15) is 19.7 Å². The Morgan fingerprint density at radius 1 is 1.37 bits per heavy atom. The first kappa shape index (κ1) is 18.8. The summed E-state index contributed by atoms with van der Waals surface area (Å²) in [6.07, 6.45) is 1.37. The Morgan fingerprint density at radius 2 is 2.19 bits per heavy atom. The summed E-state index contributed by atoms with van der Waals surface area (Å²) >= 11 is 1.37. The molecular weight excluding hydrogens is 370 g/mol. The van der Waals surface area contributed by atoms with Crippen LogP contribution in [-0.4, -0.2) is 41.8 Å². The molecule has 0 saturated carbocycles. The van der Waals surface area contributed by atoms with Crippen LogP contribution in [-0.2, 0) is 4.79 Å². The van der Waals surface area contributed by atoms with Crippen LogP contribution < -0.4 is 10.1 Å². The monoisotopic (exact) mass is 389 g/mol. The van der Waals surface area contributed by atoms with Crippen molar-refractivity contribution in [3.63, 3.8) is 0 Å². The summed E-state index contributed by atoms with van der Waals surface area (Å²) < 4.78 is 5.18. The summed E-state index contributed by atoms with van der Waals surface area (Å²) in [6.45, 7) is 0.931. The summed E-state index contributed by atoms with van der Waals surface area (Å²) in [5, 5.41) is 15.5. The number of nitro benzene ring substituents is 1. The van der Waals surface area contributed by atoms with E-state index >= 15 is 0 Å². The van der Waals surface area contributed by atoms with Gasteiger partial charge >= 0.3 is 0 Å². The van der Waals surface area contributed by atoms with Crippen LogP contribution in [0.2, 0.25) is 0 Å². The van der Waals surface area contributed by atoms with Gasteiger partial charge in [0.15, 0.2) is 0 Å². The molecule has 1 N–H and O–H groups in total.